The number of amides is 1. The van der Waals surface area contributed by atoms with Gasteiger partial charge in [0.15, 0.2) is 0 Å². The SMILES string of the molecule is CO/N=C/c1ccc(C(=O)NCC(CCO)c2ccccc2)cc1. The lowest BCUT2D eigenvalue weighted by atomic mass is 9.96. The van der Waals surface area contributed by atoms with Gasteiger partial charge in [-0.25, -0.2) is 0 Å². The molecule has 24 heavy (non-hydrogen) atoms. The number of benzene rings is 2. The van der Waals surface area contributed by atoms with Crippen molar-refractivity contribution in [3.8, 4) is 0 Å². The quantitative estimate of drug-likeness (QED) is 0.578. The van der Waals surface area contributed by atoms with Gasteiger partial charge in [0, 0.05) is 24.6 Å². The van der Waals surface area contributed by atoms with Crippen molar-refractivity contribution in [2.24, 2.45) is 5.16 Å². The van der Waals surface area contributed by atoms with Crippen LogP contribution in [0.1, 0.15) is 33.8 Å². The average Bonchev–Trinajstić information content (AvgIpc) is 2.64. The first-order chi connectivity index (χ1) is 11.7. The number of hydrogen-bond donors (Lipinski definition) is 2. The van der Waals surface area contributed by atoms with Gasteiger partial charge < -0.3 is 15.3 Å². The van der Waals surface area contributed by atoms with Crippen LogP contribution in [0.4, 0.5) is 0 Å². The highest BCUT2D eigenvalue weighted by molar-refractivity contribution is 5.95. The molecule has 5 heteroatoms. The Bertz CT molecular complexity index is 654. The van der Waals surface area contributed by atoms with Crippen LogP contribution < -0.4 is 5.32 Å². The zero-order valence-corrected chi connectivity index (χ0v) is 13.7. The summed E-state index contributed by atoms with van der Waals surface area (Å²) in [5.41, 5.74) is 2.55. The molecule has 126 valence electrons. The van der Waals surface area contributed by atoms with Crippen LogP contribution in [-0.4, -0.2) is 37.5 Å². The van der Waals surface area contributed by atoms with E-state index >= 15 is 0 Å². The van der Waals surface area contributed by atoms with Crippen molar-refractivity contribution in [1.82, 2.24) is 5.32 Å². The molecule has 0 aliphatic heterocycles. The number of hydrogen-bond acceptors (Lipinski definition) is 4. The second kappa shape index (κ2) is 9.47. The van der Waals surface area contributed by atoms with Gasteiger partial charge >= 0.3 is 0 Å². The smallest absolute Gasteiger partial charge is 0.251 e. The third-order valence-corrected chi connectivity index (χ3v) is 3.74. The van der Waals surface area contributed by atoms with Gasteiger partial charge in [0.25, 0.3) is 5.91 Å². The van der Waals surface area contributed by atoms with Crippen LogP contribution in [0.25, 0.3) is 0 Å². The molecule has 2 N–H and O–H groups in total. The Balaban J connectivity index is 1.96. The Morgan fingerprint density at radius 1 is 1.21 bits per heavy atom. The molecule has 0 heterocycles. The maximum absolute atomic E-state index is 12.3. The molecular weight excluding hydrogens is 304 g/mol. The number of aliphatic hydroxyl groups excluding tert-OH is 1. The molecule has 2 rings (SSSR count). The lowest BCUT2D eigenvalue weighted by Crippen LogP contribution is -2.28. The van der Waals surface area contributed by atoms with Crippen molar-refractivity contribution in [2.75, 3.05) is 20.3 Å². The zero-order chi connectivity index (χ0) is 17.2. The fraction of sp³-hybridized carbons (Fsp3) is 0.263. The molecule has 0 saturated heterocycles. The molecule has 1 atom stereocenters. The summed E-state index contributed by atoms with van der Waals surface area (Å²) in [5.74, 6) is -0.0441. The fourth-order valence-electron chi connectivity index (χ4n) is 2.42. The normalized spacial score (nSPS) is 12.1. The summed E-state index contributed by atoms with van der Waals surface area (Å²) in [7, 11) is 1.48. The Morgan fingerprint density at radius 2 is 1.92 bits per heavy atom. The first kappa shape index (κ1) is 17.7. The number of carbonyl (C=O) groups excluding carboxylic acids is 1. The van der Waals surface area contributed by atoms with Crippen molar-refractivity contribution < 1.29 is 14.7 Å². The van der Waals surface area contributed by atoms with E-state index in [1.54, 1.807) is 30.5 Å². The minimum absolute atomic E-state index is 0.0863. The molecule has 0 aliphatic carbocycles. The Morgan fingerprint density at radius 3 is 2.54 bits per heavy atom. The van der Waals surface area contributed by atoms with Gasteiger partial charge in [0.05, 0.1) is 6.21 Å². The highest BCUT2D eigenvalue weighted by Crippen LogP contribution is 2.18. The third kappa shape index (κ3) is 5.21. The molecule has 0 bridgehead atoms. The van der Waals surface area contributed by atoms with E-state index in [0.717, 1.165) is 11.1 Å². The van der Waals surface area contributed by atoms with Crippen LogP contribution >= 0.6 is 0 Å². The van der Waals surface area contributed by atoms with Crippen molar-refractivity contribution in [2.45, 2.75) is 12.3 Å². The van der Waals surface area contributed by atoms with Crippen molar-refractivity contribution in [3.63, 3.8) is 0 Å². The van der Waals surface area contributed by atoms with Crippen LogP contribution in [0.15, 0.2) is 59.8 Å². The minimum Gasteiger partial charge on any atom is -0.399 e. The summed E-state index contributed by atoms with van der Waals surface area (Å²) < 4.78 is 0. The van der Waals surface area contributed by atoms with Gasteiger partial charge in [-0.15, -0.1) is 0 Å². The maximum Gasteiger partial charge on any atom is 0.251 e. The molecule has 5 nitrogen and oxygen atoms in total. The summed E-state index contributed by atoms with van der Waals surface area (Å²) in [4.78, 5) is 16.9. The van der Waals surface area contributed by atoms with E-state index in [2.05, 4.69) is 15.3 Å². The first-order valence-corrected chi connectivity index (χ1v) is 7.85. The van der Waals surface area contributed by atoms with E-state index in [4.69, 9.17) is 0 Å². The number of aliphatic hydroxyl groups is 1. The van der Waals surface area contributed by atoms with Gasteiger partial charge in [0.2, 0.25) is 0 Å². The van der Waals surface area contributed by atoms with Crippen LogP contribution in [-0.2, 0) is 4.84 Å². The number of nitrogens with one attached hydrogen (secondary N) is 1. The topological polar surface area (TPSA) is 70.9 Å². The van der Waals surface area contributed by atoms with Gasteiger partial charge in [-0.3, -0.25) is 4.79 Å². The third-order valence-electron chi connectivity index (χ3n) is 3.74. The minimum atomic E-state index is -0.135. The van der Waals surface area contributed by atoms with Crippen molar-refractivity contribution in [1.29, 1.82) is 0 Å². The summed E-state index contributed by atoms with van der Waals surface area (Å²) in [6.07, 6.45) is 2.19. The summed E-state index contributed by atoms with van der Waals surface area (Å²) in [6.45, 7) is 0.569. The Hall–Kier alpha value is -2.66. The molecule has 0 spiro atoms. The molecular formula is C19H22N2O3. The van der Waals surface area contributed by atoms with Crippen LogP contribution in [0, 0.1) is 0 Å². The molecule has 1 amide bonds. The first-order valence-electron chi connectivity index (χ1n) is 7.85. The molecule has 2 aromatic carbocycles. The second-order valence-corrected chi connectivity index (χ2v) is 5.37. The predicted octanol–water partition coefficient (Wildman–Crippen LogP) is 2.56. The lowest BCUT2D eigenvalue weighted by Gasteiger charge is -2.17. The van der Waals surface area contributed by atoms with Gasteiger partial charge in [-0.2, -0.15) is 0 Å². The molecule has 0 saturated carbocycles. The van der Waals surface area contributed by atoms with E-state index in [0.29, 0.717) is 18.5 Å². The number of carbonyl (C=O) groups is 1. The van der Waals surface area contributed by atoms with E-state index in [-0.39, 0.29) is 18.4 Å². The van der Waals surface area contributed by atoms with E-state index in [1.807, 2.05) is 30.3 Å². The van der Waals surface area contributed by atoms with E-state index in [9.17, 15) is 9.90 Å². The van der Waals surface area contributed by atoms with Crippen molar-refractivity contribution >= 4 is 12.1 Å². The number of rotatable bonds is 8. The molecule has 0 fully saturated rings. The monoisotopic (exact) mass is 326 g/mol. The highest BCUT2D eigenvalue weighted by atomic mass is 16.6. The zero-order valence-electron chi connectivity index (χ0n) is 13.7. The highest BCUT2D eigenvalue weighted by Gasteiger charge is 2.13. The average molecular weight is 326 g/mol. The lowest BCUT2D eigenvalue weighted by molar-refractivity contribution is 0.0949. The summed E-state index contributed by atoms with van der Waals surface area (Å²) in [6, 6.07) is 17.0. The van der Waals surface area contributed by atoms with Gasteiger partial charge in [-0.05, 0) is 29.7 Å². The molecule has 0 aliphatic rings. The van der Waals surface area contributed by atoms with Crippen LogP contribution in [0.5, 0.6) is 0 Å². The summed E-state index contributed by atoms with van der Waals surface area (Å²) in [5, 5.41) is 15.9. The summed E-state index contributed by atoms with van der Waals surface area (Å²) >= 11 is 0. The Kier molecular flexibility index (Phi) is 6.98. The Labute approximate surface area is 142 Å². The van der Waals surface area contributed by atoms with Gasteiger partial charge in [0.1, 0.15) is 7.11 Å². The molecule has 2 aromatic rings. The second-order valence-electron chi connectivity index (χ2n) is 5.37. The van der Waals surface area contributed by atoms with Crippen molar-refractivity contribution in [3.05, 3.63) is 71.3 Å². The van der Waals surface area contributed by atoms with Crippen LogP contribution in [0.3, 0.4) is 0 Å². The van der Waals surface area contributed by atoms with E-state index in [1.165, 1.54) is 7.11 Å². The standard InChI is InChI=1S/C19H22N2O3/c1-24-21-13-15-7-9-17(10-8-15)19(23)20-14-18(11-12-22)16-5-3-2-4-6-16/h2-10,13,18,22H,11-12,14H2,1H3,(H,20,23)/b21-13+. The maximum atomic E-state index is 12.3. The number of nitrogens with zero attached hydrogens (tertiary/aromatic N) is 1. The molecule has 1 unspecified atom stereocenters. The predicted molar refractivity (Wildman–Crippen MR) is 94.3 cm³/mol. The molecule has 0 radical (unpaired) electrons. The largest absolute Gasteiger partial charge is 0.399 e. The van der Waals surface area contributed by atoms with E-state index < -0.39 is 0 Å². The van der Waals surface area contributed by atoms with Crippen LogP contribution in [0.2, 0.25) is 0 Å². The fourth-order valence-corrected chi connectivity index (χ4v) is 2.42. The molecule has 0 aromatic heterocycles. The van der Waals surface area contributed by atoms with Gasteiger partial charge in [-0.1, -0.05) is 47.6 Å². The number of oxime groups is 1.